The van der Waals surface area contributed by atoms with Crippen LogP contribution in [0, 0.1) is 5.82 Å². The lowest BCUT2D eigenvalue weighted by molar-refractivity contribution is -0.124. The molecule has 1 aromatic heterocycles. The van der Waals surface area contributed by atoms with E-state index in [0.717, 1.165) is 5.52 Å². The van der Waals surface area contributed by atoms with Crippen molar-refractivity contribution in [2.75, 3.05) is 5.32 Å². The zero-order valence-corrected chi connectivity index (χ0v) is 13.5. The number of imidazole rings is 1. The van der Waals surface area contributed by atoms with Gasteiger partial charge in [-0.1, -0.05) is 19.1 Å². The number of aromatic amines is 1. The highest BCUT2D eigenvalue weighted by Crippen LogP contribution is 2.16. The number of aromatic nitrogens is 2. The van der Waals surface area contributed by atoms with E-state index in [4.69, 9.17) is 4.74 Å². The summed E-state index contributed by atoms with van der Waals surface area (Å²) in [5.74, 6) is -1.77. The Morgan fingerprint density at radius 3 is 2.84 bits per heavy atom. The van der Waals surface area contributed by atoms with Gasteiger partial charge in [0.2, 0.25) is 0 Å². The second kappa shape index (κ2) is 7.12. The summed E-state index contributed by atoms with van der Waals surface area (Å²) in [6.45, 7) is 1.71. The molecule has 0 spiro atoms. The number of hydrogen-bond donors (Lipinski definition) is 2. The molecule has 25 heavy (non-hydrogen) atoms. The molecule has 0 aliphatic rings. The molecule has 3 aromatic rings. The van der Waals surface area contributed by atoms with Gasteiger partial charge in [-0.15, -0.1) is 0 Å². The summed E-state index contributed by atoms with van der Waals surface area (Å²) in [4.78, 5) is 31.5. The molecule has 3 rings (SSSR count). The second-order valence-electron chi connectivity index (χ2n) is 5.41. The number of nitrogens with zero attached hydrogens (tertiary/aromatic N) is 1. The highest BCUT2D eigenvalue weighted by Gasteiger charge is 2.23. The largest absolute Gasteiger partial charge is 0.449 e. The fraction of sp³-hybridized carbons (Fsp3) is 0.167. The van der Waals surface area contributed by atoms with E-state index in [-0.39, 0.29) is 12.1 Å². The summed E-state index contributed by atoms with van der Waals surface area (Å²) in [5.41, 5.74) is 1.76. The first-order valence-corrected chi connectivity index (χ1v) is 7.78. The Morgan fingerprint density at radius 2 is 2.08 bits per heavy atom. The lowest BCUT2D eigenvalue weighted by Crippen LogP contribution is -2.32. The molecule has 7 heteroatoms. The molecule has 1 heterocycles. The van der Waals surface area contributed by atoms with E-state index in [2.05, 4.69) is 15.3 Å². The molecule has 0 bridgehead atoms. The molecule has 2 aromatic carbocycles. The molecular formula is C18H16FN3O3. The molecule has 1 unspecified atom stereocenters. The van der Waals surface area contributed by atoms with E-state index in [9.17, 15) is 14.0 Å². The third-order valence-electron chi connectivity index (χ3n) is 3.70. The third kappa shape index (κ3) is 3.65. The Bertz CT molecular complexity index is 923. The van der Waals surface area contributed by atoms with Gasteiger partial charge in [-0.25, -0.2) is 14.2 Å². The number of amides is 1. The minimum atomic E-state index is -1.02. The SMILES string of the molecule is CCC(OC(=O)c1ccc2nc[nH]c2c1)C(=O)Nc1ccccc1F. The average Bonchev–Trinajstić information content (AvgIpc) is 3.09. The fourth-order valence-corrected chi connectivity index (χ4v) is 2.36. The Hall–Kier alpha value is -3.22. The molecule has 6 nitrogen and oxygen atoms in total. The van der Waals surface area contributed by atoms with Crippen molar-refractivity contribution in [1.82, 2.24) is 9.97 Å². The van der Waals surface area contributed by atoms with Gasteiger partial charge in [0.25, 0.3) is 5.91 Å². The van der Waals surface area contributed by atoms with Gasteiger partial charge in [0.05, 0.1) is 28.6 Å². The van der Waals surface area contributed by atoms with Gasteiger partial charge in [-0.05, 0) is 36.8 Å². The molecule has 0 fully saturated rings. The molecule has 128 valence electrons. The fourth-order valence-electron chi connectivity index (χ4n) is 2.36. The Labute approximate surface area is 143 Å². The summed E-state index contributed by atoms with van der Waals surface area (Å²) in [6, 6.07) is 10.7. The van der Waals surface area contributed by atoms with E-state index in [1.165, 1.54) is 24.5 Å². The van der Waals surface area contributed by atoms with Crippen LogP contribution in [0.2, 0.25) is 0 Å². The van der Waals surface area contributed by atoms with Crippen molar-refractivity contribution >= 4 is 28.6 Å². The van der Waals surface area contributed by atoms with Crippen molar-refractivity contribution in [3.05, 3.63) is 60.2 Å². The lowest BCUT2D eigenvalue weighted by Gasteiger charge is -2.16. The van der Waals surface area contributed by atoms with Gasteiger partial charge in [0.15, 0.2) is 6.10 Å². The number of H-pyrrole nitrogens is 1. The summed E-state index contributed by atoms with van der Waals surface area (Å²) in [6.07, 6.45) is 0.763. The van der Waals surface area contributed by atoms with E-state index < -0.39 is 23.8 Å². The van der Waals surface area contributed by atoms with Gasteiger partial charge in [0, 0.05) is 0 Å². The molecule has 1 amide bonds. The Kier molecular flexibility index (Phi) is 4.74. The maximum absolute atomic E-state index is 13.6. The predicted octanol–water partition coefficient (Wildman–Crippen LogP) is 3.28. The highest BCUT2D eigenvalue weighted by molar-refractivity contribution is 5.98. The molecule has 2 N–H and O–H groups in total. The Morgan fingerprint density at radius 1 is 1.28 bits per heavy atom. The number of benzene rings is 2. The van der Waals surface area contributed by atoms with Crippen LogP contribution in [0.25, 0.3) is 11.0 Å². The number of anilines is 1. The van der Waals surface area contributed by atoms with Gasteiger partial charge in [0.1, 0.15) is 5.82 Å². The van der Waals surface area contributed by atoms with Gasteiger partial charge < -0.3 is 15.0 Å². The van der Waals surface area contributed by atoms with Crippen LogP contribution in [0.4, 0.5) is 10.1 Å². The number of fused-ring (bicyclic) bond motifs is 1. The van der Waals surface area contributed by atoms with Crippen LogP contribution in [-0.4, -0.2) is 27.9 Å². The zero-order valence-electron chi connectivity index (χ0n) is 13.5. The van der Waals surface area contributed by atoms with Gasteiger partial charge in [-0.2, -0.15) is 0 Å². The number of ether oxygens (including phenoxy) is 1. The monoisotopic (exact) mass is 341 g/mol. The van der Waals surface area contributed by atoms with E-state index >= 15 is 0 Å². The number of para-hydroxylation sites is 1. The number of carbonyl (C=O) groups is 2. The number of rotatable bonds is 5. The zero-order chi connectivity index (χ0) is 17.8. The minimum Gasteiger partial charge on any atom is -0.449 e. The quantitative estimate of drug-likeness (QED) is 0.698. The number of hydrogen-bond acceptors (Lipinski definition) is 4. The van der Waals surface area contributed by atoms with Gasteiger partial charge in [-0.3, -0.25) is 4.79 Å². The van der Waals surface area contributed by atoms with Gasteiger partial charge >= 0.3 is 5.97 Å². The molecule has 0 saturated heterocycles. The summed E-state index contributed by atoms with van der Waals surface area (Å²) < 4.78 is 18.9. The predicted molar refractivity (Wildman–Crippen MR) is 90.6 cm³/mol. The first-order chi connectivity index (χ1) is 12.1. The van der Waals surface area contributed by atoms with Crippen LogP contribution in [-0.2, 0) is 9.53 Å². The number of carbonyl (C=O) groups excluding carboxylic acids is 2. The smallest absolute Gasteiger partial charge is 0.338 e. The highest BCUT2D eigenvalue weighted by atomic mass is 19.1. The van der Waals surface area contributed by atoms with Crippen molar-refractivity contribution in [3.8, 4) is 0 Å². The molecular weight excluding hydrogens is 325 g/mol. The normalized spacial score (nSPS) is 11.9. The maximum Gasteiger partial charge on any atom is 0.338 e. The van der Waals surface area contributed by atoms with Crippen LogP contribution < -0.4 is 5.32 Å². The number of esters is 1. The summed E-state index contributed by atoms with van der Waals surface area (Å²) >= 11 is 0. The van der Waals surface area contributed by atoms with Crippen molar-refractivity contribution in [1.29, 1.82) is 0 Å². The van der Waals surface area contributed by atoms with Crippen LogP contribution in [0.5, 0.6) is 0 Å². The first kappa shape index (κ1) is 16.6. The number of halogens is 1. The van der Waals surface area contributed by atoms with Crippen LogP contribution in [0.3, 0.4) is 0 Å². The minimum absolute atomic E-state index is 0.0425. The van der Waals surface area contributed by atoms with E-state index in [1.54, 1.807) is 31.2 Å². The topological polar surface area (TPSA) is 84.1 Å². The van der Waals surface area contributed by atoms with Crippen molar-refractivity contribution in [3.63, 3.8) is 0 Å². The third-order valence-corrected chi connectivity index (χ3v) is 3.70. The van der Waals surface area contributed by atoms with E-state index in [1.807, 2.05) is 0 Å². The second-order valence-corrected chi connectivity index (χ2v) is 5.41. The lowest BCUT2D eigenvalue weighted by atomic mass is 10.2. The average molecular weight is 341 g/mol. The van der Waals surface area contributed by atoms with Crippen LogP contribution in [0.1, 0.15) is 23.7 Å². The molecule has 0 aliphatic heterocycles. The Balaban J connectivity index is 1.71. The van der Waals surface area contributed by atoms with Crippen molar-refractivity contribution in [2.24, 2.45) is 0 Å². The van der Waals surface area contributed by atoms with Crippen LogP contribution in [0.15, 0.2) is 48.8 Å². The first-order valence-electron chi connectivity index (χ1n) is 7.78. The summed E-state index contributed by atoms with van der Waals surface area (Å²) in [5, 5.41) is 2.44. The summed E-state index contributed by atoms with van der Waals surface area (Å²) in [7, 11) is 0. The van der Waals surface area contributed by atoms with Crippen molar-refractivity contribution < 1.29 is 18.7 Å². The number of nitrogens with one attached hydrogen (secondary N) is 2. The molecule has 0 radical (unpaired) electrons. The molecule has 0 aliphatic carbocycles. The van der Waals surface area contributed by atoms with Crippen LogP contribution >= 0.6 is 0 Å². The van der Waals surface area contributed by atoms with Crippen molar-refractivity contribution in [2.45, 2.75) is 19.4 Å². The standard InChI is InChI=1S/C18H16FN3O3/c1-2-16(17(23)22-13-6-4-3-5-12(13)19)25-18(24)11-7-8-14-15(9-11)21-10-20-14/h3-10,16H,2H2,1H3,(H,20,21)(H,22,23). The maximum atomic E-state index is 13.6. The van der Waals surface area contributed by atoms with E-state index in [0.29, 0.717) is 11.1 Å². The molecule has 1 atom stereocenters. The molecule has 0 saturated carbocycles.